The molecule has 0 N–H and O–H groups in total. The number of amides is 1. The number of aromatic nitrogens is 3. The highest BCUT2D eigenvalue weighted by atomic mass is 35.5. The summed E-state index contributed by atoms with van der Waals surface area (Å²) in [5, 5.41) is 9.30. The van der Waals surface area contributed by atoms with Gasteiger partial charge in [-0.25, -0.2) is 9.37 Å². The molecule has 4 heterocycles. The van der Waals surface area contributed by atoms with Crippen LogP contribution in [-0.2, 0) is 11.3 Å². The summed E-state index contributed by atoms with van der Waals surface area (Å²) in [4.78, 5) is 28.5. The molecule has 0 spiro atoms. The van der Waals surface area contributed by atoms with E-state index in [9.17, 15) is 10.1 Å². The predicted molar refractivity (Wildman–Crippen MR) is 109 cm³/mol. The largest absolute Gasteiger partial charge is 0.491 e. The third-order valence-electron chi connectivity index (χ3n) is 5.51. The molecule has 1 saturated heterocycles. The number of carbonyl (C=O) groups is 1. The molecule has 2 aliphatic rings. The topological polar surface area (TPSA) is 104 Å². The van der Waals surface area contributed by atoms with Crippen molar-refractivity contribution in [2.45, 2.75) is 25.1 Å². The Bertz CT molecular complexity index is 1040. The first-order valence-corrected chi connectivity index (χ1v) is 10.1. The molecule has 2 aromatic rings. The number of pyridine rings is 1. The molecule has 1 fully saturated rings. The van der Waals surface area contributed by atoms with Gasteiger partial charge in [0.15, 0.2) is 17.2 Å². The molecule has 0 radical (unpaired) electrons. The number of hydrogen-bond donors (Lipinski definition) is 0. The van der Waals surface area contributed by atoms with Gasteiger partial charge in [0.05, 0.1) is 26.4 Å². The Kier molecular flexibility index (Phi) is 5.78. The minimum absolute atomic E-state index is 0.00267. The third kappa shape index (κ3) is 4.05. The Morgan fingerprint density at radius 1 is 1.32 bits per heavy atom. The fourth-order valence-electron chi connectivity index (χ4n) is 3.85. The number of nitriles is 1. The van der Waals surface area contributed by atoms with E-state index in [0.29, 0.717) is 28.4 Å². The van der Waals surface area contributed by atoms with Gasteiger partial charge in [0.25, 0.3) is 5.91 Å². The van der Waals surface area contributed by atoms with Gasteiger partial charge in [-0.15, -0.1) is 0 Å². The van der Waals surface area contributed by atoms with E-state index >= 15 is 4.39 Å². The highest BCUT2D eigenvalue weighted by Gasteiger charge is 2.45. The SMILES string of the molecule is COc1cnc(Cl)nc1N1CCC(F)(C(=O)N2CCOc3c(C#N)cncc3C2)CC1. The minimum atomic E-state index is -2.01. The highest BCUT2D eigenvalue weighted by Crippen LogP contribution is 2.35. The fraction of sp³-hybridized carbons (Fsp3) is 0.450. The zero-order valence-corrected chi connectivity index (χ0v) is 17.6. The Hall–Kier alpha value is -3.19. The van der Waals surface area contributed by atoms with E-state index in [4.69, 9.17) is 21.1 Å². The Labute approximate surface area is 183 Å². The average molecular weight is 447 g/mol. The number of methoxy groups -OCH3 is 1. The number of halogens is 2. The second-order valence-corrected chi connectivity index (χ2v) is 7.68. The molecule has 11 heteroatoms. The van der Waals surface area contributed by atoms with E-state index in [1.807, 2.05) is 11.0 Å². The number of alkyl halides is 1. The van der Waals surface area contributed by atoms with Crippen LogP contribution in [0.25, 0.3) is 0 Å². The van der Waals surface area contributed by atoms with Crippen LogP contribution in [0.5, 0.6) is 11.5 Å². The van der Waals surface area contributed by atoms with Crippen molar-refractivity contribution >= 4 is 23.3 Å². The lowest BCUT2D eigenvalue weighted by Gasteiger charge is -2.38. The molecular weight excluding hydrogens is 427 g/mol. The number of fused-ring (bicyclic) bond motifs is 1. The number of rotatable bonds is 3. The van der Waals surface area contributed by atoms with Gasteiger partial charge in [0.1, 0.15) is 24.0 Å². The number of nitrogens with zero attached hydrogens (tertiary/aromatic N) is 6. The molecule has 1 amide bonds. The van der Waals surface area contributed by atoms with Gasteiger partial charge in [0.2, 0.25) is 5.28 Å². The molecule has 0 atom stereocenters. The van der Waals surface area contributed by atoms with E-state index < -0.39 is 11.6 Å². The van der Waals surface area contributed by atoms with E-state index in [2.05, 4.69) is 15.0 Å². The van der Waals surface area contributed by atoms with Gasteiger partial charge >= 0.3 is 0 Å². The quantitative estimate of drug-likeness (QED) is 0.660. The van der Waals surface area contributed by atoms with Gasteiger partial charge in [-0.3, -0.25) is 9.78 Å². The molecule has 0 aliphatic carbocycles. The van der Waals surface area contributed by atoms with Crippen molar-refractivity contribution in [2.75, 3.05) is 38.3 Å². The van der Waals surface area contributed by atoms with E-state index in [1.54, 1.807) is 6.20 Å². The number of ether oxygens (including phenoxy) is 2. The zero-order chi connectivity index (χ0) is 22.0. The van der Waals surface area contributed by atoms with Crippen LogP contribution in [-0.4, -0.2) is 64.8 Å². The van der Waals surface area contributed by atoms with Crippen molar-refractivity contribution in [2.24, 2.45) is 0 Å². The maximum atomic E-state index is 15.7. The summed E-state index contributed by atoms with van der Waals surface area (Å²) in [6, 6.07) is 2.03. The first kappa shape index (κ1) is 21.1. The molecule has 9 nitrogen and oxygen atoms in total. The first-order chi connectivity index (χ1) is 14.9. The summed E-state index contributed by atoms with van der Waals surface area (Å²) in [5.41, 5.74) is -1.12. The molecule has 162 valence electrons. The Balaban J connectivity index is 1.49. The van der Waals surface area contributed by atoms with Crippen LogP contribution in [0, 0.1) is 11.3 Å². The lowest BCUT2D eigenvalue weighted by atomic mass is 9.91. The Morgan fingerprint density at radius 3 is 2.81 bits per heavy atom. The van der Waals surface area contributed by atoms with Crippen LogP contribution in [0.3, 0.4) is 0 Å². The maximum Gasteiger partial charge on any atom is 0.260 e. The van der Waals surface area contributed by atoms with Gasteiger partial charge in [0, 0.05) is 43.9 Å². The van der Waals surface area contributed by atoms with Crippen LogP contribution in [0.2, 0.25) is 5.28 Å². The molecule has 2 aromatic heterocycles. The molecule has 0 aromatic carbocycles. The lowest BCUT2D eigenvalue weighted by molar-refractivity contribution is -0.146. The van der Waals surface area contributed by atoms with Gasteiger partial charge < -0.3 is 19.3 Å². The van der Waals surface area contributed by atoms with Gasteiger partial charge in [-0.2, -0.15) is 10.2 Å². The van der Waals surface area contributed by atoms with Crippen molar-refractivity contribution in [3.8, 4) is 17.6 Å². The van der Waals surface area contributed by atoms with Crippen LogP contribution < -0.4 is 14.4 Å². The van der Waals surface area contributed by atoms with Crippen molar-refractivity contribution < 1.29 is 18.7 Å². The molecule has 0 unspecified atom stereocenters. The molecule has 4 rings (SSSR count). The molecule has 31 heavy (non-hydrogen) atoms. The van der Waals surface area contributed by atoms with Crippen molar-refractivity contribution in [1.29, 1.82) is 5.26 Å². The van der Waals surface area contributed by atoms with Crippen LogP contribution in [0.15, 0.2) is 18.6 Å². The summed E-state index contributed by atoms with van der Waals surface area (Å²) in [7, 11) is 1.49. The third-order valence-corrected chi connectivity index (χ3v) is 5.69. The van der Waals surface area contributed by atoms with E-state index in [0.717, 1.165) is 0 Å². The van der Waals surface area contributed by atoms with Crippen LogP contribution in [0.1, 0.15) is 24.0 Å². The lowest BCUT2D eigenvalue weighted by Crippen LogP contribution is -2.52. The van der Waals surface area contributed by atoms with Crippen molar-refractivity contribution in [3.05, 3.63) is 35.0 Å². The molecular formula is C20H20ClFN6O3. The predicted octanol–water partition coefficient (Wildman–Crippen LogP) is 2.13. The minimum Gasteiger partial charge on any atom is -0.491 e. The summed E-state index contributed by atoms with van der Waals surface area (Å²) in [6.45, 7) is 1.08. The van der Waals surface area contributed by atoms with Gasteiger partial charge in [-0.05, 0) is 11.6 Å². The highest BCUT2D eigenvalue weighted by molar-refractivity contribution is 6.28. The van der Waals surface area contributed by atoms with Crippen LogP contribution >= 0.6 is 11.6 Å². The maximum absolute atomic E-state index is 15.7. The zero-order valence-electron chi connectivity index (χ0n) is 16.8. The second kappa shape index (κ2) is 8.51. The van der Waals surface area contributed by atoms with Gasteiger partial charge in [-0.1, -0.05) is 0 Å². The molecule has 0 bridgehead atoms. The fourth-order valence-corrected chi connectivity index (χ4v) is 3.98. The summed E-state index contributed by atoms with van der Waals surface area (Å²) < 4.78 is 26.7. The van der Waals surface area contributed by atoms with Crippen LogP contribution in [0.4, 0.5) is 10.2 Å². The molecule has 0 saturated carbocycles. The summed E-state index contributed by atoms with van der Waals surface area (Å²) >= 11 is 5.90. The first-order valence-electron chi connectivity index (χ1n) is 9.75. The van der Waals surface area contributed by atoms with Crippen molar-refractivity contribution in [1.82, 2.24) is 19.9 Å². The summed E-state index contributed by atoms with van der Waals surface area (Å²) in [6.07, 6.45) is 4.41. The normalized spacial score (nSPS) is 17.7. The average Bonchev–Trinajstić information content (AvgIpc) is 3.01. The smallest absolute Gasteiger partial charge is 0.260 e. The van der Waals surface area contributed by atoms with E-state index in [-0.39, 0.29) is 50.9 Å². The Morgan fingerprint density at radius 2 is 2.10 bits per heavy atom. The van der Waals surface area contributed by atoms with E-state index in [1.165, 1.54) is 24.4 Å². The number of carbonyl (C=O) groups excluding carboxylic acids is 1. The van der Waals surface area contributed by atoms with Crippen molar-refractivity contribution in [3.63, 3.8) is 0 Å². The monoisotopic (exact) mass is 446 g/mol. The molecule has 2 aliphatic heterocycles. The summed E-state index contributed by atoms with van der Waals surface area (Å²) in [5.74, 6) is 0.732. The second-order valence-electron chi connectivity index (χ2n) is 7.35. The number of piperidine rings is 1. The number of anilines is 1. The number of hydrogen-bond acceptors (Lipinski definition) is 8. The standard InChI is InChI=1S/C20H20ClFN6O3/c1-30-15-11-25-19(21)26-17(15)27-4-2-20(22,3-5-27)18(29)28-6-7-31-16-13(8-23)9-24-10-14(16)12-28/h9-11H,2-7,12H2,1H3.